The zero-order chi connectivity index (χ0) is 59.2. The second-order valence-corrected chi connectivity index (χ2v) is 22.3. The Morgan fingerprint density at radius 1 is 0.256 bits per heavy atom. The first-order valence-corrected chi connectivity index (χ1v) is 34.2. The highest BCUT2D eigenvalue weighted by molar-refractivity contribution is 5.71. The SMILES string of the molecule is CC/C=C\C/C=C\C/C=C\C/C=C\C/C=C\C/C=C\CCCCC(=O)OC(COC(=O)CCCCCCCCCCC/C=C\C/C=C\C/C=C\C/C=C\C/C=C\CC)COC(=O)CCCCCCCCCCCCCCCCCCCC. The maximum Gasteiger partial charge on any atom is 0.306 e. The number of carbonyl (C=O) groups is 3. The van der Waals surface area contributed by atoms with Crippen LogP contribution < -0.4 is 0 Å². The van der Waals surface area contributed by atoms with Crippen molar-refractivity contribution in [3.8, 4) is 0 Å². The topological polar surface area (TPSA) is 78.9 Å². The van der Waals surface area contributed by atoms with E-state index in [1.165, 1.54) is 135 Å². The molecule has 0 fully saturated rings. The van der Waals surface area contributed by atoms with Crippen LogP contribution in [-0.4, -0.2) is 37.2 Å². The number of hydrogen-bond donors (Lipinski definition) is 0. The van der Waals surface area contributed by atoms with E-state index in [1.807, 2.05) is 0 Å². The van der Waals surface area contributed by atoms with Gasteiger partial charge in [0.05, 0.1) is 0 Å². The molecule has 0 saturated carbocycles. The van der Waals surface area contributed by atoms with Gasteiger partial charge in [0.25, 0.3) is 0 Å². The van der Waals surface area contributed by atoms with Crippen LogP contribution >= 0.6 is 0 Å². The van der Waals surface area contributed by atoms with Gasteiger partial charge in [-0.15, -0.1) is 0 Å². The Bertz CT molecular complexity index is 1730. The zero-order valence-corrected chi connectivity index (χ0v) is 53.5. The van der Waals surface area contributed by atoms with Crippen molar-refractivity contribution >= 4 is 17.9 Å². The molecular weight excluding hydrogens is 1010 g/mol. The highest BCUT2D eigenvalue weighted by Crippen LogP contribution is 2.17. The summed E-state index contributed by atoms with van der Waals surface area (Å²) in [7, 11) is 0. The molecule has 0 radical (unpaired) electrons. The van der Waals surface area contributed by atoms with Crippen LogP contribution in [0.4, 0.5) is 0 Å². The summed E-state index contributed by atoms with van der Waals surface area (Å²) >= 11 is 0. The van der Waals surface area contributed by atoms with E-state index in [4.69, 9.17) is 14.2 Å². The molecule has 0 aromatic carbocycles. The molecule has 0 aliphatic rings. The maximum atomic E-state index is 12.9. The van der Waals surface area contributed by atoms with E-state index in [1.54, 1.807) is 0 Å². The third-order valence-electron chi connectivity index (χ3n) is 14.4. The lowest BCUT2D eigenvalue weighted by atomic mass is 10.0. The van der Waals surface area contributed by atoms with Gasteiger partial charge in [-0.25, -0.2) is 0 Å². The summed E-state index contributed by atoms with van der Waals surface area (Å²) < 4.78 is 16.9. The van der Waals surface area contributed by atoms with E-state index in [-0.39, 0.29) is 37.5 Å². The van der Waals surface area contributed by atoms with Crippen molar-refractivity contribution in [3.63, 3.8) is 0 Å². The summed E-state index contributed by atoms with van der Waals surface area (Å²) in [6, 6.07) is 0. The van der Waals surface area contributed by atoms with Crippen LogP contribution in [0.2, 0.25) is 0 Å². The number of esters is 3. The van der Waals surface area contributed by atoms with E-state index in [0.717, 1.165) is 128 Å². The van der Waals surface area contributed by atoms with Gasteiger partial charge in [-0.2, -0.15) is 0 Å². The maximum absolute atomic E-state index is 12.9. The molecule has 0 N–H and O–H groups in total. The fraction of sp³-hybridized carbons (Fsp3) is 0.671. The van der Waals surface area contributed by atoms with Gasteiger partial charge in [-0.3, -0.25) is 14.4 Å². The van der Waals surface area contributed by atoms with E-state index >= 15 is 0 Å². The largest absolute Gasteiger partial charge is 0.462 e. The number of hydrogen-bond acceptors (Lipinski definition) is 6. The van der Waals surface area contributed by atoms with Gasteiger partial charge in [-0.1, -0.05) is 309 Å². The van der Waals surface area contributed by atoms with Crippen LogP contribution in [0.5, 0.6) is 0 Å². The molecule has 82 heavy (non-hydrogen) atoms. The van der Waals surface area contributed by atoms with Gasteiger partial charge in [0.2, 0.25) is 0 Å². The first kappa shape index (κ1) is 77.5. The molecule has 0 rings (SSSR count). The Labute approximate surface area is 506 Å². The summed E-state index contributed by atoms with van der Waals surface area (Å²) in [5.74, 6) is -0.940. The van der Waals surface area contributed by atoms with Gasteiger partial charge >= 0.3 is 17.9 Å². The van der Waals surface area contributed by atoms with Crippen molar-refractivity contribution in [2.75, 3.05) is 13.2 Å². The lowest BCUT2D eigenvalue weighted by molar-refractivity contribution is -0.167. The minimum atomic E-state index is -0.809. The molecule has 0 aromatic rings. The molecule has 466 valence electrons. The minimum Gasteiger partial charge on any atom is -0.462 e. The van der Waals surface area contributed by atoms with Crippen LogP contribution in [0.25, 0.3) is 0 Å². The molecule has 6 nitrogen and oxygen atoms in total. The molecule has 0 aliphatic heterocycles. The summed E-state index contributed by atoms with van der Waals surface area (Å²) in [5, 5.41) is 0. The fourth-order valence-electron chi connectivity index (χ4n) is 9.36. The van der Waals surface area contributed by atoms with Crippen LogP contribution in [0, 0.1) is 0 Å². The van der Waals surface area contributed by atoms with Crippen molar-refractivity contribution in [2.45, 2.75) is 316 Å². The van der Waals surface area contributed by atoms with Crippen LogP contribution in [-0.2, 0) is 28.6 Å². The minimum absolute atomic E-state index is 0.0984. The Balaban J connectivity index is 4.46. The van der Waals surface area contributed by atoms with Crippen LogP contribution in [0.15, 0.2) is 134 Å². The predicted molar refractivity (Wildman–Crippen MR) is 357 cm³/mol. The molecule has 6 heteroatoms. The monoisotopic (exact) mass is 1130 g/mol. The number of rotatable bonds is 61. The first-order valence-electron chi connectivity index (χ1n) is 34.2. The van der Waals surface area contributed by atoms with E-state index in [9.17, 15) is 14.4 Å². The summed E-state index contributed by atoms with van der Waals surface area (Å²) in [4.78, 5) is 38.5. The summed E-state index contributed by atoms with van der Waals surface area (Å²) in [6.45, 7) is 6.40. The zero-order valence-electron chi connectivity index (χ0n) is 53.5. The normalized spacial score (nSPS) is 13.0. The molecule has 0 saturated heterocycles. The average molecular weight is 1140 g/mol. The lowest BCUT2D eigenvalue weighted by Crippen LogP contribution is -2.30. The van der Waals surface area contributed by atoms with Crippen molar-refractivity contribution in [3.05, 3.63) is 134 Å². The van der Waals surface area contributed by atoms with Crippen LogP contribution in [0.1, 0.15) is 310 Å². The Hall–Kier alpha value is -4.45. The van der Waals surface area contributed by atoms with Crippen LogP contribution in [0.3, 0.4) is 0 Å². The second-order valence-electron chi connectivity index (χ2n) is 22.3. The smallest absolute Gasteiger partial charge is 0.306 e. The lowest BCUT2D eigenvalue weighted by Gasteiger charge is -2.18. The third kappa shape index (κ3) is 66.4. The second kappa shape index (κ2) is 69.0. The highest BCUT2D eigenvalue weighted by Gasteiger charge is 2.19. The number of carbonyl (C=O) groups excluding carboxylic acids is 3. The molecule has 1 atom stereocenters. The van der Waals surface area contributed by atoms with Gasteiger partial charge < -0.3 is 14.2 Å². The van der Waals surface area contributed by atoms with E-state index < -0.39 is 6.10 Å². The number of allylic oxidation sites excluding steroid dienone is 22. The molecule has 1 unspecified atom stereocenters. The number of ether oxygens (including phenoxy) is 3. The van der Waals surface area contributed by atoms with Crippen molar-refractivity contribution in [1.29, 1.82) is 0 Å². The Morgan fingerprint density at radius 2 is 0.476 bits per heavy atom. The summed E-state index contributed by atoms with van der Waals surface area (Å²) in [6.07, 6.45) is 97.5. The predicted octanol–water partition coefficient (Wildman–Crippen LogP) is 23.7. The third-order valence-corrected chi connectivity index (χ3v) is 14.4. The molecular formula is C76H126O6. The van der Waals surface area contributed by atoms with Gasteiger partial charge in [0.1, 0.15) is 13.2 Å². The molecule has 0 amide bonds. The molecule has 0 aliphatic carbocycles. The van der Waals surface area contributed by atoms with Gasteiger partial charge in [0, 0.05) is 19.3 Å². The van der Waals surface area contributed by atoms with Crippen molar-refractivity contribution in [1.82, 2.24) is 0 Å². The van der Waals surface area contributed by atoms with Crippen molar-refractivity contribution in [2.24, 2.45) is 0 Å². The van der Waals surface area contributed by atoms with Gasteiger partial charge in [0.15, 0.2) is 6.10 Å². The molecule has 0 heterocycles. The summed E-state index contributed by atoms with van der Waals surface area (Å²) in [5.41, 5.74) is 0. The highest BCUT2D eigenvalue weighted by atomic mass is 16.6. The van der Waals surface area contributed by atoms with Gasteiger partial charge in [-0.05, 0) is 116 Å². The van der Waals surface area contributed by atoms with E-state index in [2.05, 4.69) is 154 Å². The standard InChI is InChI=1S/C76H126O6/c1-4-7-10-13-16-19-22-25-28-31-34-36-37-38-39-41-42-45-48-51-54-57-60-63-66-69-75(78)81-72-73(71-80-74(77)68-65-62-59-56-53-50-47-44-33-30-27-24-21-18-15-12-9-6-3)82-76(79)70-67-64-61-58-55-52-49-46-43-40-35-32-29-26-23-20-17-14-11-8-5-2/h7-8,10-11,16-17,19-20,25-26,28-29,34-36,38-40,46,49,55,58,73H,4-6,9,12-15,18,21-24,27,30-33,37,41-45,47-48,50-54,56-57,59-72H2,1-3H3/b10-7-,11-8-,19-16-,20-17-,28-25-,29-26-,36-34-,39-38-,40-35-,49-46-,58-55-. The average Bonchev–Trinajstić information content (AvgIpc) is 3.47. The van der Waals surface area contributed by atoms with Crippen molar-refractivity contribution < 1.29 is 28.6 Å². The fourth-order valence-corrected chi connectivity index (χ4v) is 9.36. The quantitative estimate of drug-likeness (QED) is 0.0261. The molecule has 0 aromatic heterocycles. The van der Waals surface area contributed by atoms with E-state index in [0.29, 0.717) is 19.3 Å². The molecule has 0 bridgehead atoms. The first-order chi connectivity index (χ1) is 40.5. The molecule has 0 spiro atoms. The number of unbranched alkanes of at least 4 members (excludes halogenated alkanes) is 28. The Morgan fingerprint density at radius 3 is 0.768 bits per heavy atom. The Kier molecular flexibility index (Phi) is 65.3.